The van der Waals surface area contributed by atoms with Gasteiger partial charge in [-0.1, -0.05) is 37.3 Å². The smallest absolute Gasteiger partial charge is 0.335 e. The van der Waals surface area contributed by atoms with Crippen LogP contribution in [0.5, 0.6) is 5.88 Å². The molecule has 1 aromatic heterocycles. The monoisotopic (exact) mass is 271 g/mol. The molecule has 1 N–H and O–H groups in total. The molecular weight excluding hydrogens is 254 g/mol. The second-order valence-electron chi connectivity index (χ2n) is 4.51. The van der Waals surface area contributed by atoms with Gasteiger partial charge in [0.05, 0.1) is 5.56 Å². The summed E-state index contributed by atoms with van der Waals surface area (Å²) < 4.78 is 5.76. The first-order valence-electron chi connectivity index (χ1n) is 6.56. The normalized spacial score (nSPS) is 11.9. The minimum absolute atomic E-state index is 0.183. The summed E-state index contributed by atoms with van der Waals surface area (Å²) in [4.78, 5) is 15.4. The van der Waals surface area contributed by atoms with Gasteiger partial charge in [0.1, 0.15) is 6.10 Å². The molecule has 0 fully saturated rings. The van der Waals surface area contributed by atoms with E-state index in [0.717, 1.165) is 5.56 Å². The number of aromatic nitrogens is 1. The van der Waals surface area contributed by atoms with Crippen molar-refractivity contribution in [1.82, 2.24) is 4.98 Å². The van der Waals surface area contributed by atoms with Crippen LogP contribution in [-0.4, -0.2) is 16.1 Å². The highest BCUT2D eigenvalue weighted by Crippen LogP contribution is 2.21. The predicted molar refractivity (Wildman–Crippen MR) is 76.1 cm³/mol. The zero-order chi connectivity index (χ0) is 14.5. The minimum atomic E-state index is -0.973. The number of hydrogen-bond donors (Lipinski definition) is 1. The van der Waals surface area contributed by atoms with Crippen molar-refractivity contribution in [2.24, 2.45) is 0 Å². The first-order chi connectivity index (χ1) is 9.60. The van der Waals surface area contributed by atoms with E-state index in [-0.39, 0.29) is 11.7 Å². The van der Waals surface area contributed by atoms with Gasteiger partial charge in [-0.15, -0.1) is 0 Å². The molecule has 0 bridgehead atoms. The van der Waals surface area contributed by atoms with Crippen LogP contribution in [0, 0.1) is 0 Å². The molecule has 2 rings (SSSR count). The van der Waals surface area contributed by atoms with E-state index in [0.29, 0.717) is 18.0 Å². The Labute approximate surface area is 118 Å². The molecular formula is C16H17NO3. The Morgan fingerprint density at radius 2 is 2.00 bits per heavy atom. The van der Waals surface area contributed by atoms with E-state index in [1.807, 2.05) is 44.2 Å². The standard InChI is InChI=1S/C16H17NO3/c1-3-14-9-13(16(18)19)10-15(17-14)20-11(2)12-7-5-4-6-8-12/h4-11H,3H2,1-2H3,(H,18,19). The number of pyridine rings is 1. The zero-order valence-corrected chi connectivity index (χ0v) is 11.5. The van der Waals surface area contributed by atoms with Gasteiger partial charge in [-0.05, 0) is 25.0 Å². The molecule has 4 heteroatoms. The van der Waals surface area contributed by atoms with Crippen LogP contribution in [0.1, 0.15) is 41.6 Å². The molecule has 0 aliphatic heterocycles. The molecule has 1 aromatic carbocycles. The molecule has 0 spiro atoms. The fraction of sp³-hybridized carbons (Fsp3) is 0.250. The van der Waals surface area contributed by atoms with E-state index < -0.39 is 5.97 Å². The van der Waals surface area contributed by atoms with E-state index in [9.17, 15) is 4.79 Å². The highest BCUT2D eigenvalue weighted by molar-refractivity contribution is 5.88. The van der Waals surface area contributed by atoms with Crippen molar-refractivity contribution in [3.05, 3.63) is 59.3 Å². The summed E-state index contributed by atoms with van der Waals surface area (Å²) in [6, 6.07) is 12.8. The largest absolute Gasteiger partial charge is 0.478 e. The van der Waals surface area contributed by atoms with E-state index in [4.69, 9.17) is 9.84 Å². The van der Waals surface area contributed by atoms with Crippen LogP contribution < -0.4 is 4.74 Å². The maximum atomic E-state index is 11.1. The van der Waals surface area contributed by atoms with E-state index in [2.05, 4.69) is 4.98 Å². The third-order valence-corrected chi connectivity index (χ3v) is 3.03. The van der Waals surface area contributed by atoms with Crippen molar-refractivity contribution in [2.75, 3.05) is 0 Å². The molecule has 104 valence electrons. The van der Waals surface area contributed by atoms with Crippen LogP contribution in [0.15, 0.2) is 42.5 Å². The number of carboxylic acids is 1. The number of carbonyl (C=O) groups is 1. The molecule has 1 atom stereocenters. The lowest BCUT2D eigenvalue weighted by atomic mass is 10.1. The molecule has 4 nitrogen and oxygen atoms in total. The lowest BCUT2D eigenvalue weighted by Gasteiger charge is -2.15. The average Bonchev–Trinajstić information content (AvgIpc) is 2.47. The maximum absolute atomic E-state index is 11.1. The first kappa shape index (κ1) is 14.1. The summed E-state index contributed by atoms with van der Waals surface area (Å²) in [7, 11) is 0. The number of carboxylic acid groups (broad SMARTS) is 1. The highest BCUT2D eigenvalue weighted by Gasteiger charge is 2.12. The van der Waals surface area contributed by atoms with Gasteiger partial charge in [0, 0.05) is 11.8 Å². The summed E-state index contributed by atoms with van der Waals surface area (Å²) in [6.07, 6.45) is 0.481. The van der Waals surface area contributed by atoms with Crippen LogP contribution in [0.4, 0.5) is 0 Å². The van der Waals surface area contributed by atoms with Crippen molar-refractivity contribution in [3.8, 4) is 5.88 Å². The predicted octanol–water partition coefficient (Wildman–Crippen LogP) is 3.48. The van der Waals surface area contributed by atoms with E-state index >= 15 is 0 Å². The van der Waals surface area contributed by atoms with Gasteiger partial charge in [0.2, 0.25) is 5.88 Å². The Morgan fingerprint density at radius 1 is 1.30 bits per heavy atom. The fourth-order valence-corrected chi connectivity index (χ4v) is 1.90. The molecule has 0 saturated heterocycles. The zero-order valence-electron chi connectivity index (χ0n) is 11.5. The van der Waals surface area contributed by atoms with Gasteiger partial charge in [-0.2, -0.15) is 0 Å². The summed E-state index contributed by atoms with van der Waals surface area (Å²) in [6.45, 7) is 3.84. The summed E-state index contributed by atoms with van der Waals surface area (Å²) in [5.41, 5.74) is 1.93. The number of benzene rings is 1. The molecule has 0 amide bonds. The molecule has 0 aliphatic carbocycles. The van der Waals surface area contributed by atoms with Gasteiger partial charge < -0.3 is 9.84 Å². The van der Waals surface area contributed by atoms with Crippen LogP contribution in [-0.2, 0) is 6.42 Å². The lowest BCUT2D eigenvalue weighted by molar-refractivity contribution is 0.0695. The Hall–Kier alpha value is -2.36. The van der Waals surface area contributed by atoms with Gasteiger partial charge >= 0.3 is 5.97 Å². The summed E-state index contributed by atoms with van der Waals surface area (Å²) >= 11 is 0. The van der Waals surface area contributed by atoms with Crippen molar-refractivity contribution >= 4 is 5.97 Å². The van der Waals surface area contributed by atoms with Crippen molar-refractivity contribution in [2.45, 2.75) is 26.4 Å². The summed E-state index contributed by atoms with van der Waals surface area (Å²) in [5.74, 6) is -0.627. The molecule has 2 aromatic rings. The molecule has 0 aliphatic rings. The molecule has 1 heterocycles. The Morgan fingerprint density at radius 3 is 2.60 bits per heavy atom. The number of hydrogen-bond acceptors (Lipinski definition) is 3. The van der Waals surface area contributed by atoms with Crippen molar-refractivity contribution in [3.63, 3.8) is 0 Å². The average molecular weight is 271 g/mol. The van der Waals surface area contributed by atoms with Crippen molar-refractivity contribution < 1.29 is 14.6 Å². The third-order valence-electron chi connectivity index (χ3n) is 3.03. The second kappa shape index (κ2) is 6.19. The van der Waals surface area contributed by atoms with Gasteiger partial charge in [0.15, 0.2) is 0 Å². The van der Waals surface area contributed by atoms with E-state index in [1.54, 1.807) is 6.07 Å². The molecule has 0 radical (unpaired) electrons. The van der Waals surface area contributed by atoms with Crippen LogP contribution in [0.25, 0.3) is 0 Å². The van der Waals surface area contributed by atoms with Crippen LogP contribution in [0.3, 0.4) is 0 Å². The quantitative estimate of drug-likeness (QED) is 0.904. The fourth-order valence-electron chi connectivity index (χ4n) is 1.90. The lowest BCUT2D eigenvalue weighted by Crippen LogP contribution is -2.07. The SMILES string of the molecule is CCc1cc(C(=O)O)cc(OC(C)c2ccccc2)n1. The van der Waals surface area contributed by atoms with Crippen molar-refractivity contribution in [1.29, 1.82) is 0 Å². The number of rotatable bonds is 5. The molecule has 20 heavy (non-hydrogen) atoms. The molecule has 0 saturated carbocycles. The number of aromatic carboxylic acids is 1. The van der Waals surface area contributed by atoms with Crippen LogP contribution >= 0.6 is 0 Å². The topological polar surface area (TPSA) is 59.4 Å². The Kier molecular flexibility index (Phi) is 4.35. The minimum Gasteiger partial charge on any atom is -0.478 e. The van der Waals surface area contributed by atoms with Gasteiger partial charge in [-0.25, -0.2) is 9.78 Å². The number of aryl methyl sites for hydroxylation is 1. The Bertz CT molecular complexity index is 596. The third kappa shape index (κ3) is 3.35. The number of ether oxygens (including phenoxy) is 1. The van der Waals surface area contributed by atoms with Gasteiger partial charge in [0.25, 0.3) is 0 Å². The van der Waals surface area contributed by atoms with Crippen LogP contribution in [0.2, 0.25) is 0 Å². The second-order valence-corrected chi connectivity index (χ2v) is 4.51. The Balaban J connectivity index is 2.24. The number of nitrogens with zero attached hydrogens (tertiary/aromatic N) is 1. The van der Waals surface area contributed by atoms with Gasteiger partial charge in [-0.3, -0.25) is 0 Å². The first-order valence-corrected chi connectivity index (χ1v) is 6.56. The van der Waals surface area contributed by atoms with E-state index in [1.165, 1.54) is 6.07 Å². The highest BCUT2D eigenvalue weighted by atomic mass is 16.5. The summed E-state index contributed by atoms with van der Waals surface area (Å²) in [5, 5.41) is 9.10. The maximum Gasteiger partial charge on any atom is 0.335 e. The molecule has 1 unspecified atom stereocenters.